The van der Waals surface area contributed by atoms with Gasteiger partial charge in [-0.2, -0.15) is 0 Å². The number of Topliss-reactive ketones (excluding diaryl/α,β-unsaturated/α-hetero) is 1. The predicted molar refractivity (Wildman–Crippen MR) is 109 cm³/mol. The summed E-state index contributed by atoms with van der Waals surface area (Å²) in [6, 6.07) is 14.7. The summed E-state index contributed by atoms with van der Waals surface area (Å²) < 4.78 is 10.5. The molecule has 1 heterocycles. The molecular formula is C22H21NO4S. The molecule has 1 atom stereocenters. The molecule has 3 rings (SSSR count). The number of aromatic nitrogens is 1. The first-order valence-electron chi connectivity index (χ1n) is 8.96. The minimum absolute atomic E-state index is 0.191. The lowest BCUT2D eigenvalue weighted by Gasteiger charge is -2.11. The normalized spacial score (nSPS) is 11.7. The lowest BCUT2D eigenvalue weighted by Crippen LogP contribution is -2.24. The van der Waals surface area contributed by atoms with Crippen molar-refractivity contribution in [1.29, 1.82) is 0 Å². The van der Waals surface area contributed by atoms with Crippen LogP contribution in [0, 0.1) is 0 Å². The quantitative estimate of drug-likeness (QED) is 0.424. The molecule has 144 valence electrons. The Morgan fingerprint density at radius 1 is 1.07 bits per heavy atom. The number of nitrogens with zero attached hydrogens (tertiary/aromatic N) is 1. The van der Waals surface area contributed by atoms with Crippen molar-refractivity contribution in [3.63, 3.8) is 0 Å². The summed E-state index contributed by atoms with van der Waals surface area (Å²) in [4.78, 5) is 29.2. The molecule has 6 heteroatoms. The van der Waals surface area contributed by atoms with Crippen molar-refractivity contribution in [2.75, 3.05) is 7.11 Å². The predicted octanol–water partition coefficient (Wildman–Crippen LogP) is 4.81. The maximum absolute atomic E-state index is 12.5. The van der Waals surface area contributed by atoms with E-state index in [4.69, 9.17) is 9.47 Å². The van der Waals surface area contributed by atoms with Crippen LogP contribution in [0.25, 0.3) is 10.6 Å². The highest BCUT2D eigenvalue weighted by Crippen LogP contribution is 2.26. The van der Waals surface area contributed by atoms with E-state index in [1.807, 2.05) is 36.4 Å². The zero-order valence-corrected chi connectivity index (χ0v) is 16.8. The lowest BCUT2D eigenvalue weighted by molar-refractivity contribution is 0.0314. The minimum Gasteiger partial charge on any atom is -0.497 e. The van der Waals surface area contributed by atoms with Crippen LogP contribution in [0.5, 0.6) is 5.75 Å². The maximum atomic E-state index is 12.5. The molecular weight excluding hydrogens is 374 g/mol. The second-order valence-electron chi connectivity index (χ2n) is 6.23. The van der Waals surface area contributed by atoms with Gasteiger partial charge in [-0.1, -0.05) is 31.2 Å². The molecule has 0 spiro atoms. The van der Waals surface area contributed by atoms with Gasteiger partial charge in [-0.15, -0.1) is 11.3 Å². The summed E-state index contributed by atoms with van der Waals surface area (Å²) in [7, 11) is 1.60. The van der Waals surface area contributed by atoms with E-state index in [9.17, 15) is 9.59 Å². The van der Waals surface area contributed by atoms with Crippen LogP contribution in [0.15, 0.2) is 53.9 Å². The van der Waals surface area contributed by atoms with E-state index in [-0.39, 0.29) is 11.5 Å². The van der Waals surface area contributed by atoms with E-state index in [1.165, 1.54) is 11.3 Å². The number of rotatable bonds is 7. The van der Waals surface area contributed by atoms with Crippen molar-refractivity contribution in [1.82, 2.24) is 4.98 Å². The summed E-state index contributed by atoms with van der Waals surface area (Å²) in [5.41, 5.74) is 2.74. The van der Waals surface area contributed by atoms with Crippen LogP contribution in [-0.2, 0) is 11.2 Å². The Kier molecular flexibility index (Phi) is 6.21. The number of carbonyl (C=O) groups excluding carboxylic acids is 2. The second-order valence-corrected chi connectivity index (χ2v) is 7.09. The molecule has 0 saturated carbocycles. The molecule has 2 aromatic carbocycles. The number of benzene rings is 2. The Hall–Kier alpha value is -2.99. The molecule has 0 aliphatic heterocycles. The van der Waals surface area contributed by atoms with Gasteiger partial charge in [0.2, 0.25) is 5.78 Å². The van der Waals surface area contributed by atoms with Gasteiger partial charge in [-0.3, -0.25) is 4.79 Å². The third-order valence-corrected chi connectivity index (χ3v) is 5.24. The van der Waals surface area contributed by atoms with E-state index in [2.05, 4.69) is 11.9 Å². The van der Waals surface area contributed by atoms with Gasteiger partial charge in [0.15, 0.2) is 11.8 Å². The number of carbonyl (C=O) groups is 2. The van der Waals surface area contributed by atoms with Crippen LogP contribution in [0.1, 0.15) is 40.3 Å². The van der Waals surface area contributed by atoms with Crippen LogP contribution in [0.4, 0.5) is 0 Å². The van der Waals surface area contributed by atoms with Gasteiger partial charge in [-0.05, 0) is 43.2 Å². The number of methoxy groups -OCH3 is 1. The Morgan fingerprint density at radius 3 is 2.36 bits per heavy atom. The summed E-state index contributed by atoms with van der Waals surface area (Å²) >= 11 is 1.34. The first kappa shape index (κ1) is 19.8. The highest BCUT2D eigenvalue weighted by molar-refractivity contribution is 7.13. The number of ketones is 1. The van der Waals surface area contributed by atoms with Gasteiger partial charge >= 0.3 is 5.97 Å². The van der Waals surface area contributed by atoms with Gasteiger partial charge in [0.1, 0.15) is 10.8 Å². The van der Waals surface area contributed by atoms with E-state index >= 15 is 0 Å². The Bertz CT molecular complexity index is 961. The van der Waals surface area contributed by atoms with Gasteiger partial charge in [0, 0.05) is 16.5 Å². The lowest BCUT2D eigenvalue weighted by atomic mass is 10.0. The Labute approximate surface area is 168 Å². The van der Waals surface area contributed by atoms with Crippen molar-refractivity contribution in [2.24, 2.45) is 0 Å². The first-order valence-corrected chi connectivity index (χ1v) is 9.84. The number of esters is 1. The molecule has 0 N–H and O–H groups in total. The second kappa shape index (κ2) is 8.80. The van der Waals surface area contributed by atoms with Crippen LogP contribution in [-0.4, -0.2) is 30.0 Å². The first-order chi connectivity index (χ1) is 13.5. The molecule has 0 saturated heterocycles. The van der Waals surface area contributed by atoms with E-state index < -0.39 is 12.1 Å². The number of hydrogen-bond donors (Lipinski definition) is 0. The van der Waals surface area contributed by atoms with Crippen molar-refractivity contribution < 1.29 is 19.1 Å². The highest BCUT2D eigenvalue weighted by Gasteiger charge is 2.22. The number of aryl methyl sites for hydroxylation is 1. The van der Waals surface area contributed by atoms with E-state index in [0.29, 0.717) is 10.6 Å². The largest absolute Gasteiger partial charge is 0.497 e. The fraction of sp³-hybridized carbons (Fsp3) is 0.227. The number of hydrogen-bond acceptors (Lipinski definition) is 6. The zero-order valence-electron chi connectivity index (χ0n) is 16.0. The Balaban J connectivity index is 1.66. The molecule has 5 nitrogen and oxygen atoms in total. The number of ether oxygens (including phenoxy) is 2. The van der Waals surface area contributed by atoms with Crippen molar-refractivity contribution in [2.45, 2.75) is 26.4 Å². The molecule has 0 aliphatic rings. The molecule has 0 radical (unpaired) electrons. The van der Waals surface area contributed by atoms with Crippen molar-refractivity contribution in [3.8, 4) is 16.3 Å². The van der Waals surface area contributed by atoms with E-state index in [0.717, 1.165) is 23.3 Å². The van der Waals surface area contributed by atoms with E-state index in [1.54, 1.807) is 31.5 Å². The number of thiazole rings is 1. The minimum atomic E-state index is -0.883. The van der Waals surface area contributed by atoms with Gasteiger partial charge in [-0.25, -0.2) is 9.78 Å². The molecule has 1 aromatic heterocycles. The van der Waals surface area contributed by atoms with Gasteiger partial charge in [0.25, 0.3) is 0 Å². The Morgan fingerprint density at radius 2 is 1.75 bits per heavy atom. The van der Waals surface area contributed by atoms with Crippen LogP contribution < -0.4 is 4.74 Å². The summed E-state index contributed by atoms with van der Waals surface area (Å²) in [5, 5.41) is 2.33. The SMILES string of the molecule is CCc1ccc(C(=O)[C@H](C)OC(=O)c2csc(-c3ccc(OC)cc3)n2)cc1. The smallest absolute Gasteiger partial charge is 0.358 e. The molecule has 3 aromatic rings. The van der Waals surface area contributed by atoms with Crippen LogP contribution in [0.2, 0.25) is 0 Å². The fourth-order valence-electron chi connectivity index (χ4n) is 2.65. The molecule has 0 bridgehead atoms. The van der Waals surface area contributed by atoms with Crippen LogP contribution in [0.3, 0.4) is 0 Å². The maximum Gasteiger partial charge on any atom is 0.358 e. The van der Waals surface area contributed by atoms with Crippen molar-refractivity contribution in [3.05, 3.63) is 70.7 Å². The summed E-state index contributed by atoms with van der Waals surface area (Å²) in [6.45, 7) is 3.63. The topological polar surface area (TPSA) is 65.5 Å². The van der Waals surface area contributed by atoms with Crippen molar-refractivity contribution >= 4 is 23.1 Å². The van der Waals surface area contributed by atoms with Gasteiger partial charge < -0.3 is 9.47 Å². The molecule has 0 unspecified atom stereocenters. The average Bonchev–Trinajstić information content (AvgIpc) is 3.23. The standard InChI is InChI=1S/C22H21NO4S/c1-4-15-5-7-16(8-6-15)20(24)14(2)27-22(25)19-13-28-21(23-19)17-9-11-18(26-3)12-10-17/h5-14H,4H2,1-3H3/t14-/m0/s1. The summed E-state index contributed by atoms with van der Waals surface area (Å²) in [5.74, 6) is -0.0945. The molecule has 28 heavy (non-hydrogen) atoms. The summed E-state index contributed by atoms with van der Waals surface area (Å²) in [6.07, 6.45) is 0.0189. The highest BCUT2D eigenvalue weighted by atomic mass is 32.1. The molecule has 0 fully saturated rings. The molecule has 0 amide bonds. The third kappa shape index (κ3) is 4.46. The van der Waals surface area contributed by atoms with Gasteiger partial charge in [0.05, 0.1) is 7.11 Å². The average molecular weight is 395 g/mol. The third-order valence-electron chi connectivity index (χ3n) is 4.35. The fourth-order valence-corrected chi connectivity index (χ4v) is 3.44. The monoisotopic (exact) mass is 395 g/mol. The van der Waals surface area contributed by atoms with Crippen LogP contribution >= 0.6 is 11.3 Å². The zero-order chi connectivity index (χ0) is 20.1. The molecule has 0 aliphatic carbocycles.